The van der Waals surface area contributed by atoms with Crippen LogP contribution in [0.4, 0.5) is 0 Å². The zero-order valence-electron chi connectivity index (χ0n) is 12.2. The third-order valence-electron chi connectivity index (χ3n) is 3.63. The number of benzene rings is 1. The van der Waals surface area contributed by atoms with Gasteiger partial charge in [-0.25, -0.2) is 4.68 Å². The van der Waals surface area contributed by atoms with Gasteiger partial charge in [0.15, 0.2) is 0 Å². The summed E-state index contributed by atoms with van der Waals surface area (Å²) in [5, 5.41) is 8.83. The lowest BCUT2D eigenvalue weighted by Crippen LogP contribution is -2.35. The molecular weight excluding hydrogens is 298 g/mol. The Labute approximate surface area is 134 Å². The lowest BCUT2D eigenvalue weighted by atomic mass is 10.1. The SMILES string of the molecule is CCNC(c1ccnn1-c1ccccc1)C1CSCCS1. The Kier molecular flexibility index (Phi) is 5.27. The minimum Gasteiger partial charge on any atom is -0.308 e. The highest BCUT2D eigenvalue weighted by Gasteiger charge is 2.28. The van der Waals surface area contributed by atoms with E-state index >= 15 is 0 Å². The van der Waals surface area contributed by atoms with Gasteiger partial charge < -0.3 is 5.32 Å². The van der Waals surface area contributed by atoms with Crippen LogP contribution in [0.3, 0.4) is 0 Å². The Bertz CT molecular complexity index is 550. The molecule has 2 atom stereocenters. The highest BCUT2D eigenvalue weighted by atomic mass is 32.2. The van der Waals surface area contributed by atoms with Gasteiger partial charge in [-0.15, -0.1) is 0 Å². The lowest BCUT2D eigenvalue weighted by molar-refractivity contribution is 0.522. The molecule has 1 aromatic heterocycles. The number of nitrogens with one attached hydrogen (secondary N) is 1. The smallest absolute Gasteiger partial charge is 0.0649 e. The Hall–Kier alpha value is -0.910. The summed E-state index contributed by atoms with van der Waals surface area (Å²) in [5.41, 5.74) is 2.40. The molecule has 3 nitrogen and oxygen atoms in total. The first kappa shape index (κ1) is 15.0. The van der Waals surface area contributed by atoms with Crippen molar-refractivity contribution in [3.63, 3.8) is 0 Å². The molecule has 1 aliphatic heterocycles. The van der Waals surface area contributed by atoms with E-state index in [9.17, 15) is 0 Å². The van der Waals surface area contributed by atoms with Crippen LogP contribution in [0.1, 0.15) is 18.7 Å². The van der Waals surface area contributed by atoms with Gasteiger partial charge in [0, 0.05) is 28.7 Å². The molecule has 2 heterocycles. The zero-order valence-corrected chi connectivity index (χ0v) is 13.9. The van der Waals surface area contributed by atoms with Crippen LogP contribution < -0.4 is 5.32 Å². The Morgan fingerprint density at radius 3 is 2.86 bits per heavy atom. The van der Waals surface area contributed by atoms with E-state index in [0.717, 1.165) is 12.2 Å². The summed E-state index contributed by atoms with van der Waals surface area (Å²) in [6, 6.07) is 12.9. The van der Waals surface area contributed by atoms with Gasteiger partial charge in [-0.05, 0) is 24.7 Å². The monoisotopic (exact) mass is 319 g/mol. The molecule has 0 radical (unpaired) electrons. The van der Waals surface area contributed by atoms with Gasteiger partial charge in [-0.1, -0.05) is 25.1 Å². The molecule has 3 rings (SSSR count). The predicted molar refractivity (Wildman–Crippen MR) is 93.6 cm³/mol. The summed E-state index contributed by atoms with van der Waals surface area (Å²) < 4.78 is 2.08. The van der Waals surface area contributed by atoms with Crippen LogP contribution >= 0.6 is 23.5 Å². The fraction of sp³-hybridized carbons (Fsp3) is 0.438. The molecular formula is C16H21N3S2. The molecule has 5 heteroatoms. The van der Waals surface area contributed by atoms with Crippen molar-refractivity contribution in [3.05, 3.63) is 48.3 Å². The van der Waals surface area contributed by atoms with E-state index in [1.807, 2.05) is 12.3 Å². The molecule has 2 unspecified atom stereocenters. The van der Waals surface area contributed by atoms with Crippen molar-refractivity contribution in [3.8, 4) is 5.69 Å². The van der Waals surface area contributed by atoms with Crippen molar-refractivity contribution < 1.29 is 0 Å². The lowest BCUT2D eigenvalue weighted by Gasteiger charge is -2.30. The summed E-state index contributed by atoms with van der Waals surface area (Å²) in [4.78, 5) is 0. The summed E-state index contributed by atoms with van der Waals surface area (Å²) in [6.07, 6.45) is 1.91. The number of thioether (sulfide) groups is 2. The minimum atomic E-state index is 0.357. The topological polar surface area (TPSA) is 29.9 Å². The molecule has 1 fully saturated rings. The van der Waals surface area contributed by atoms with E-state index in [1.54, 1.807) is 0 Å². The molecule has 1 N–H and O–H groups in total. The number of hydrogen-bond acceptors (Lipinski definition) is 4. The maximum Gasteiger partial charge on any atom is 0.0649 e. The van der Waals surface area contributed by atoms with Crippen LogP contribution in [0.15, 0.2) is 42.6 Å². The first-order valence-corrected chi connectivity index (χ1v) is 9.62. The zero-order chi connectivity index (χ0) is 14.5. The van der Waals surface area contributed by atoms with Crippen molar-refractivity contribution in [2.24, 2.45) is 0 Å². The summed E-state index contributed by atoms with van der Waals surface area (Å²) >= 11 is 4.15. The fourth-order valence-electron chi connectivity index (χ4n) is 2.68. The van der Waals surface area contributed by atoms with Crippen LogP contribution in [0.5, 0.6) is 0 Å². The second-order valence-corrected chi connectivity index (χ2v) is 7.52. The largest absolute Gasteiger partial charge is 0.308 e. The molecule has 1 aromatic carbocycles. The molecule has 0 bridgehead atoms. The van der Waals surface area contributed by atoms with Gasteiger partial charge in [-0.3, -0.25) is 0 Å². The van der Waals surface area contributed by atoms with Crippen LogP contribution in [0.25, 0.3) is 5.69 Å². The molecule has 0 saturated carbocycles. The van der Waals surface area contributed by atoms with Gasteiger partial charge in [0.1, 0.15) is 0 Å². The maximum absolute atomic E-state index is 4.55. The van der Waals surface area contributed by atoms with Gasteiger partial charge >= 0.3 is 0 Å². The van der Waals surface area contributed by atoms with E-state index in [2.05, 4.69) is 75.9 Å². The second-order valence-electron chi connectivity index (χ2n) is 5.02. The van der Waals surface area contributed by atoms with E-state index < -0.39 is 0 Å². The highest BCUT2D eigenvalue weighted by Crippen LogP contribution is 2.34. The Morgan fingerprint density at radius 1 is 1.29 bits per heavy atom. The standard InChI is InChI=1S/C16H21N3S2/c1-2-17-16(15-12-20-10-11-21-15)14-8-9-18-19(14)13-6-4-3-5-7-13/h3-9,15-17H,2,10-12H2,1H3. The normalized spacial score (nSPS) is 20.3. The predicted octanol–water partition coefficient (Wildman–Crippen LogP) is 3.37. The average Bonchev–Trinajstić information content (AvgIpc) is 3.03. The molecule has 112 valence electrons. The van der Waals surface area contributed by atoms with E-state index in [0.29, 0.717) is 11.3 Å². The van der Waals surface area contributed by atoms with Crippen molar-refractivity contribution in [1.82, 2.24) is 15.1 Å². The molecule has 21 heavy (non-hydrogen) atoms. The van der Waals surface area contributed by atoms with Crippen molar-refractivity contribution in [2.75, 3.05) is 23.8 Å². The van der Waals surface area contributed by atoms with Crippen molar-refractivity contribution >= 4 is 23.5 Å². The first-order valence-electron chi connectivity index (χ1n) is 7.42. The Morgan fingerprint density at radius 2 is 2.14 bits per heavy atom. The minimum absolute atomic E-state index is 0.357. The quantitative estimate of drug-likeness (QED) is 0.915. The molecule has 0 spiro atoms. The third kappa shape index (κ3) is 3.47. The first-order chi connectivity index (χ1) is 10.4. The number of aromatic nitrogens is 2. The molecule has 2 aromatic rings. The Balaban J connectivity index is 1.91. The van der Waals surface area contributed by atoms with Gasteiger partial charge in [0.05, 0.1) is 17.4 Å². The third-order valence-corrected chi connectivity index (χ3v) is 6.49. The number of para-hydroxylation sites is 1. The number of nitrogens with zero attached hydrogens (tertiary/aromatic N) is 2. The second kappa shape index (κ2) is 7.38. The van der Waals surface area contributed by atoms with Crippen LogP contribution in [-0.2, 0) is 0 Å². The van der Waals surface area contributed by atoms with E-state index in [4.69, 9.17) is 0 Å². The van der Waals surface area contributed by atoms with E-state index in [-0.39, 0.29) is 0 Å². The van der Waals surface area contributed by atoms with Crippen LogP contribution in [0, 0.1) is 0 Å². The van der Waals surface area contributed by atoms with Crippen molar-refractivity contribution in [1.29, 1.82) is 0 Å². The maximum atomic E-state index is 4.55. The highest BCUT2D eigenvalue weighted by molar-refractivity contribution is 8.06. The van der Waals surface area contributed by atoms with Gasteiger partial charge in [0.25, 0.3) is 0 Å². The molecule has 0 amide bonds. The van der Waals surface area contributed by atoms with Crippen LogP contribution in [0.2, 0.25) is 0 Å². The summed E-state index contributed by atoms with van der Waals surface area (Å²) in [7, 11) is 0. The summed E-state index contributed by atoms with van der Waals surface area (Å²) in [6.45, 7) is 3.16. The molecule has 1 saturated heterocycles. The van der Waals surface area contributed by atoms with Gasteiger partial charge in [0.2, 0.25) is 0 Å². The summed E-state index contributed by atoms with van der Waals surface area (Å²) in [5.74, 6) is 3.73. The van der Waals surface area contributed by atoms with E-state index in [1.165, 1.54) is 23.0 Å². The average molecular weight is 319 g/mol. The number of rotatable bonds is 5. The molecule has 1 aliphatic rings. The fourth-order valence-corrected chi connectivity index (χ4v) is 5.53. The van der Waals surface area contributed by atoms with Crippen molar-refractivity contribution in [2.45, 2.75) is 18.2 Å². The molecule has 0 aliphatic carbocycles. The van der Waals surface area contributed by atoms with Crippen LogP contribution in [-0.4, -0.2) is 38.8 Å². The van der Waals surface area contributed by atoms with Gasteiger partial charge in [-0.2, -0.15) is 28.6 Å². The number of hydrogen-bond donors (Lipinski definition) is 1.